The normalized spacial score (nSPS) is 11.1. The average molecular weight is 268 g/mol. The Kier molecular flexibility index (Phi) is 3.69. The summed E-state index contributed by atoms with van der Waals surface area (Å²) in [6.07, 6.45) is 0. The highest BCUT2D eigenvalue weighted by molar-refractivity contribution is 7.13. The van der Waals surface area contributed by atoms with Gasteiger partial charge >= 0.3 is 0 Å². The highest BCUT2D eigenvalue weighted by Gasteiger charge is 2.12. The zero-order valence-corrected chi connectivity index (χ0v) is 11.4. The van der Waals surface area contributed by atoms with Crippen LogP contribution in [0.3, 0.4) is 0 Å². The van der Waals surface area contributed by atoms with E-state index in [1.165, 1.54) is 0 Å². The third-order valence-electron chi connectivity index (χ3n) is 2.63. The lowest BCUT2D eigenvalue weighted by molar-refractivity contribution is 0.582. The van der Waals surface area contributed by atoms with Crippen molar-refractivity contribution in [1.29, 1.82) is 0 Å². The number of pyridine rings is 1. The maximum Gasteiger partial charge on any atom is 0.255 e. The summed E-state index contributed by atoms with van der Waals surface area (Å²) in [6.45, 7) is 4.02. The van der Waals surface area contributed by atoms with Gasteiger partial charge in [0.05, 0.1) is 16.5 Å². The number of nitrogens with zero attached hydrogens (tertiary/aromatic N) is 1. The number of hydrogen-bond donors (Lipinski definition) is 0. The first kappa shape index (κ1) is 12.4. The predicted octanol–water partition coefficient (Wildman–Crippen LogP) is 3.90. The van der Waals surface area contributed by atoms with Crippen LogP contribution in [0.4, 0.5) is 0 Å². The predicted molar refractivity (Wildman–Crippen MR) is 74.0 cm³/mol. The van der Waals surface area contributed by atoms with Gasteiger partial charge in [-0.2, -0.15) is 0 Å². The van der Waals surface area contributed by atoms with Crippen LogP contribution in [0.2, 0.25) is 0 Å². The van der Waals surface area contributed by atoms with Crippen LogP contribution in [0.5, 0.6) is 0 Å². The maximum absolute atomic E-state index is 12.2. The van der Waals surface area contributed by atoms with Crippen LogP contribution < -0.4 is 5.56 Å². The molecule has 0 aliphatic carbocycles. The van der Waals surface area contributed by atoms with Crippen molar-refractivity contribution in [1.82, 2.24) is 4.57 Å². The second kappa shape index (κ2) is 5.07. The molecule has 0 saturated heterocycles. The maximum atomic E-state index is 12.2. The molecule has 2 rings (SSSR count). The van der Waals surface area contributed by atoms with E-state index in [1.54, 1.807) is 11.3 Å². The van der Waals surface area contributed by atoms with Gasteiger partial charge in [-0.3, -0.25) is 4.79 Å². The minimum Gasteiger partial charge on any atom is -0.305 e. The summed E-state index contributed by atoms with van der Waals surface area (Å²) in [5, 5.41) is 2.01. The lowest BCUT2D eigenvalue weighted by Gasteiger charge is -2.16. The topological polar surface area (TPSA) is 22.0 Å². The molecule has 0 N–H and O–H groups in total. The van der Waals surface area contributed by atoms with Crippen molar-refractivity contribution in [2.24, 2.45) is 0 Å². The Morgan fingerprint density at radius 3 is 2.65 bits per heavy atom. The summed E-state index contributed by atoms with van der Waals surface area (Å²) in [6, 6.07) is 7.94. The monoisotopic (exact) mass is 267 g/mol. The van der Waals surface area contributed by atoms with E-state index >= 15 is 0 Å². The van der Waals surface area contributed by atoms with Crippen LogP contribution in [0.1, 0.15) is 25.5 Å². The van der Waals surface area contributed by atoms with E-state index in [0.29, 0.717) is 5.56 Å². The van der Waals surface area contributed by atoms with Crippen LogP contribution in [0.15, 0.2) is 34.4 Å². The molecule has 2 aromatic rings. The molecule has 17 heavy (non-hydrogen) atoms. The fourth-order valence-corrected chi connectivity index (χ4v) is 2.79. The molecular formula is C13H14ClNOS. The summed E-state index contributed by atoms with van der Waals surface area (Å²) >= 11 is 7.41. The Morgan fingerprint density at radius 2 is 2.12 bits per heavy atom. The van der Waals surface area contributed by atoms with Gasteiger partial charge in [-0.15, -0.1) is 22.9 Å². The molecule has 0 amide bonds. The largest absolute Gasteiger partial charge is 0.305 e. The molecule has 0 radical (unpaired) electrons. The summed E-state index contributed by atoms with van der Waals surface area (Å²) < 4.78 is 1.81. The Morgan fingerprint density at radius 1 is 1.35 bits per heavy atom. The molecule has 0 unspecified atom stereocenters. The molecule has 0 atom stereocenters. The molecular weight excluding hydrogens is 254 g/mol. The van der Waals surface area contributed by atoms with E-state index in [-0.39, 0.29) is 17.5 Å². The minimum atomic E-state index is 0.0147. The smallest absolute Gasteiger partial charge is 0.255 e. The Balaban J connectivity index is 2.69. The molecule has 0 spiro atoms. The van der Waals surface area contributed by atoms with E-state index < -0.39 is 0 Å². The molecule has 0 aliphatic rings. The summed E-state index contributed by atoms with van der Waals surface area (Å²) in [4.78, 5) is 13.3. The van der Waals surface area contributed by atoms with Crippen molar-refractivity contribution >= 4 is 22.9 Å². The molecule has 2 aromatic heterocycles. The number of rotatable bonds is 3. The fourth-order valence-electron chi connectivity index (χ4n) is 1.83. The second-order valence-electron chi connectivity index (χ2n) is 4.12. The molecule has 90 valence electrons. The van der Waals surface area contributed by atoms with Gasteiger partial charge < -0.3 is 4.57 Å². The Bertz CT molecular complexity index is 557. The van der Waals surface area contributed by atoms with Gasteiger partial charge in [-0.1, -0.05) is 12.1 Å². The van der Waals surface area contributed by atoms with Gasteiger partial charge in [0.2, 0.25) is 0 Å². The van der Waals surface area contributed by atoms with Crippen LogP contribution in [0.25, 0.3) is 10.6 Å². The van der Waals surface area contributed by atoms with Gasteiger partial charge in [0.25, 0.3) is 5.56 Å². The second-order valence-corrected chi connectivity index (χ2v) is 5.34. The van der Waals surface area contributed by atoms with E-state index in [4.69, 9.17) is 11.6 Å². The number of thiophene rings is 1. The molecule has 4 heteroatoms. The minimum absolute atomic E-state index is 0.0147. The Hall–Kier alpha value is -1.06. The zero-order valence-electron chi connectivity index (χ0n) is 9.81. The van der Waals surface area contributed by atoms with Gasteiger partial charge in [0, 0.05) is 11.6 Å². The number of alkyl halides is 1. The fraction of sp³-hybridized carbons (Fsp3) is 0.308. The summed E-state index contributed by atoms with van der Waals surface area (Å²) in [5.74, 6) is 0.260. The first-order valence-electron chi connectivity index (χ1n) is 5.49. The van der Waals surface area contributed by atoms with Crippen LogP contribution in [0, 0.1) is 0 Å². The standard InChI is InChI=1S/C13H14ClNOS/c1-9(2)15-11(12-4-3-7-17-12)6-5-10(8-14)13(15)16/h3-7,9H,8H2,1-2H3. The number of hydrogen-bond acceptors (Lipinski definition) is 2. The lowest BCUT2D eigenvalue weighted by atomic mass is 10.2. The zero-order chi connectivity index (χ0) is 12.4. The highest BCUT2D eigenvalue weighted by atomic mass is 35.5. The molecule has 2 heterocycles. The van der Waals surface area contributed by atoms with Gasteiger partial charge in [0.15, 0.2) is 0 Å². The van der Waals surface area contributed by atoms with E-state index in [0.717, 1.165) is 10.6 Å². The molecule has 0 fully saturated rings. The lowest BCUT2D eigenvalue weighted by Crippen LogP contribution is -2.25. The Labute approximate surface area is 109 Å². The molecule has 2 nitrogen and oxygen atoms in total. The molecule has 0 saturated carbocycles. The summed E-state index contributed by atoms with van der Waals surface area (Å²) in [7, 11) is 0. The van der Waals surface area contributed by atoms with Crippen molar-refractivity contribution in [3.8, 4) is 10.6 Å². The van der Waals surface area contributed by atoms with Gasteiger partial charge in [-0.25, -0.2) is 0 Å². The van der Waals surface area contributed by atoms with E-state index in [1.807, 2.05) is 48.1 Å². The first-order valence-corrected chi connectivity index (χ1v) is 6.91. The summed E-state index contributed by atoms with van der Waals surface area (Å²) in [5.41, 5.74) is 1.63. The van der Waals surface area contributed by atoms with E-state index in [2.05, 4.69) is 0 Å². The van der Waals surface area contributed by atoms with Crippen molar-refractivity contribution in [3.05, 3.63) is 45.6 Å². The highest BCUT2D eigenvalue weighted by Crippen LogP contribution is 2.25. The van der Waals surface area contributed by atoms with Gasteiger partial charge in [-0.05, 0) is 31.4 Å². The number of halogens is 1. The first-order chi connectivity index (χ1) is 8.15. The van der Waals surface area contributed by atoms with Crippen molar-refractivity contribution in [3.63, 3.8) is 0 Å². The third kappa shape index (κ3) is 2.31. The molecule has 0 aliphatic heterocycles. The quantitative estimate of drug-likeness (QED) is 0.773. The third-order valence-corrected chi connectivity index (χ3v) is 3.81. The van der Waals surface area contributed by atoms with Crippen molar-refractivity contribution in [2.45, 2.75) is 25.8 Å². The van der Waals surface area contributed by atoms with Crippen molar-refractivity contribution in [2.75, 3.05) is 0 Å². The molecule has 0 bridgehead atoms. The van der Waals surface area contributed by atoms with Crippen LogP contribution in [-0.4, -0.2) is 4.57 Å². The van der Waals surface area contributed by atoms with Crippen LogP contribution in [-0.2, 0) is 5.88 Å². The van der Waals surface area contributed by atoms with E-state index in [9.17, 15) is 4.79 Å². The van der Waals surface area contributed by atoms with Crippen molar-refractivity contribution < 1.29 is 0 Å². The van der Waals surface area contributed by atoms with Gasteiger partial charge in [0.1, 0.15) is 0 Å². The van der Waals surface area contributed by atoms with Crippen LogP contribution >= 0.6 is 22.9 Å². The average Bonchev–Trinajstić information content (AvgIpc) is 2.81. The molecule has 0 aromatic carbocycles. The number of aromatic nitrogens is 1. The SMILES string of the molecule is CC(C)n1c(-c2cccs2)ccc(CCl)c1=O.